The van der Waals surface area contributed by atoms with Crippen molar-refractivity contribution in [2.45, 2.75) is 31.2 Å². The van der Waals surface area contributed by atoms with E-state index in [1.165, 1.54) is 24.4 Å². The van der Waals surface area contributed by atoms with Gasteiger partial charge in [0.2, 0.25) is 6.54 Å². The van der Waals surface area contributed by atoms with Gasteiger partial charge in [-0.15, -0.1) is 10.2 Å². The molecular weight excluding hydrogens is 508 g/mol. The van der Waals surface area contributed by atoms with E-state index in [0.717, 1.165) is 11.3 Å². The molecule has 3 rings (SSSR count). The highest BCUT2D eigenvalue weighted by atomic mass is 79.9. The molecule has 174 valence electrons. The van der Waals surface area contributed by atoms with Crippen LogP contribution in [0.4, 0.5) is 0 Å². The average Bonchev–Trinajstić information content (AvgIpc) is 3.13. The Kier molecular flexibility index (Phi) is 8.15. The van der Waals surface area contributed by atoms with Gasteiger partial charge in [-0.25, -0.2) is 0 Å². The first kappa shape index (κ1) is 24.8. The summed E-state index contributed by atoms with van der Waals surface area (Å²) in [7, 11) is 1.53. The van der Waals surface area contributed by atoms with Crippen LogP contribution in [0.3, 0.4) is 0 Å². The van der Waals surface area contributed by atoms with Gasteiger partial charge in [-0.3, -0.25) is 14.7 Å². The van der Waals surface area contributed by atoms with Crippen LogP contribution >= 0.6 is 27.7 Å². The predicted molar refractivity (Wildman–Crippen MR) is 132 cm³/mol. The number of methoxy groups -OCH3 is 1. The molecule has 0 unspecified atom stereocenters. The van der Waals surface area contributed by atoms with Gasteiger partial charge in [0, 0.05) is 10.6 Å². The van der Waals surface area contributed by atoms with Crippen LogP contribution in [-0.4, -0.2) is 39.9 Å². The maximum Gasteiger partial charge on any atom is 0.220 e. The van der Waals surface area contributed by atoms with Gasteiger partial charge in [0.05, 0.1) is 11.6 Å². The minimum Gasteiger partial charge on any atom is -0.493 e. The molecule has 8 nitrogen and oxygen atoms in total. The molecule has 0 aliphatic heterocycles. The highest BCUT2D eigenvalue weighted by Crippen LogP contribution is 2.43. The summed E-state index contributed by atoms with van der Waals surface area (Å²) in [6.45, 7) is 9.62. The molecule has 3 aromatic rings. The third-order valence-corrected chi connectivity index (χ3v) is 6.85. The van der Waals surface area contributed by atoms with Crippen LogP contribution < -0.4 is 9.47 Å². The first-order chi connectivity index (χ1) is 15.7. The molecule has 0 bridgehead atoms. The molecule has 0 spiro atoms. The zero-order chi connectivity index (χ0) is 24.1. The van der Waals surface area contributed by atoms with E-state index in [-0.39, 0.29) is 11.5 Å². The van der Waals surface area contributed by atoms with E-state index in [1.807, 2.05) is 36.6 Å². The highest BCUT2D eigenvalue weighted by molar-refractivity contribution is 9.10. The minimum atomic E-state index is -0.535. The molecule has 0 amide bonds. The lowest BCUT2D eigenvalue weighted by atomic mass is 10.1. The van der Waals surface area contributed by atoms with Gasteiger partial charge in [0.15, 0.2) is 16.7 Å². The second kappa shape index (κ2) is 10.8. The summed E-state index contributed by atoms with van der Waals surface area (Å²) in [4.78, 5) is 11.2. The maximum absolute atomic E-state index is 11.5. The molecule has 0 saturated heterocycles. The summed E-state index contributed by atoms with van der Waals surface area (Å²) in [6, 6.07) is 9.66. The molecular formula is C23H25BrN4O4S. The van der Waals surface area contributed by atoms with Crippen molar-refractivity contribution >= 4 is 27.7 Å². The van der Waals surface area contributed by atoms with Crippen molar-refractivity contribution in [3.05, 3.63) is 80.1 Å². The Balaban J connectivity index is 2.03. The Morgan fingerprint density at radius 3 is 2.64 bits per heavy atom. The van der Waals surface area contributed by atoms with Crippen LogP contribution in [0.2, 0.25) is 0 Å². The molecule has 0 aliphatic rings. The molecule has 0 saturated carbocycles. The van der Waals surface area contributed by atoms with Crippen molar-refractivity contribution < 1.29 is 14.4 Å². The molecule has 0 radical (unpaired) electrons. The number of nitro groups is 1. The number of nitrogens with zero attached hydrogens (tertiary/aromatic N) is 4. The van der Waals surface area contributed by atoms with Gasteiger partial charge >= 0.3 is 0 Å². The number of benzene rings is 2. The fraction of sp³-hybridized carbons (Fsp3) is 0.304. The lowest BCUT2D eigenvalue weighted by molar-refractivity contribution is -0.479. The summed E-state index contributed by atoms with van der Waals surface area (Å²) in [5.74, 6) is 1.69. The second-order valence-electron chi connectivity index (χ2n) is 7.39. The van der Waals surface area contributed by atoms with Gasteiger partial charge in [-0.05, 0) is 77.7 Å². The number of hydrogen-bond donors (Lipinski definition) is 0. The standard InChI is InChI=1S/C23H25BrN4O4S/c1-6-9-32-22-19(24)11-17(12-20(22)31-5)21(13-27(29)30)33-23-26-25-16(4)28(23)18-8-7-14(2)15(3)10-18/h6-8,10-12,21H,1,9,13H2,2-5H3/t21-/m0/s1. The molecule has 1 heterocycles. The van der Waals surface area contributed by atoms with Crippen molar-refractivity contribution in [2.75, 3.05) is 20.3 Å². The number of hydrogen-bond acceptors (Lipinski definition) is 7. The average molecular weight is 533 g/mol. The molecule has 1 aromatic heterocycles. The molecule has 10 heteroatoms. The van der Waals surface area contributed by atoms with Crippen molar-refractivity contribution in [1.82, 2.24) is 14.8 Å². The number of aromatic nitrogens is 3. The monoisotopic (exact) mass is 532 g/mol. The quantitative estimate of drug-likeness (QED) is 0.144. The predicted octanol–water partition coefficient (Wildman–Crippen LogP) is 5.64. The van der Waals surface area contributed by atoms with Crippen LogP contribution in [0.15, 0.2) is 52.6 Å². The normalized spacial score (nSPS) is 11.8. The van der Waals surface area contributed by atoms with E-state index >= 15 is 0 Å². The van der Waals surface area contributed by atoms with E-state index in [2.05, 4.69) is 45.7 Å². The third-order valence-electron chi connectivity index (χ3n) is 5.08. The Bertz CT molecular complexity index is 1180. The van der Waals surface area contributed by atoms with E-state index in [0.29, 0.717) is 39.1 Å². The van der Waals surface area contributed by atoms with Crippen molar-refractivity contribution in [2.24, 2.45) is 0 Å². The van der Waals surface area contributed by atoms with E-state index in [9.17, 15) is 10.1 Å². The summed E-state index contributed by atoms with van der Waals surface area (Å²) < 4.78 is 13.7. The number of ether oxygens (including phenoxy) is 2. The number of aryl methyl sites for hydroxylation is 3. The number of halogens is 1. The molecule has 33 heavy (non-hydrogen) atoms. The summed E-state index contributed by atoms with van der Waals surface area (Å²) in [6.07, 6.45) is 1.63. The van der Waals surface area contributed by atoms with Gasteiger partial charge in [-0.2, -0.15) is 0 Å². The van der Waals surface area contributed by atoms with Crippen LogP contribution in [0, 0.1) is 30.9 Å². The van der Waals surface area contributed by atoms with E-state index < -0.39 is 5.25 Å². The fourth-order valence-electron chi connectivity index (χ4n) is 3.26. The molecule has 0 aliphatic carbocycles. The largest absolute Gasteiger partial charge is 0.493 e. The Morgan fingerprint density at radius 1 is 1.24 bits per heavy atom. The van der Waals surface area contributed by atoms with Crippen LogP contribution in [0.1, 0.15) is 27.8 Å². The summed E-state index contributed by atoms with van der Waals surface area (Å²) in [5, 5.41) is 20.1. The van der Waals surface area contributed by atoms with Crippen molar-refractivity contribution in [3.8, 4) is 17.2 Å². The smallest absolute Gasteiger partial charge is 0.220 e. The maximum atomic E-state index is 11.5. The minimum absolute atomic E-state index is 0.300. The zero-order valence-electron chi connectivity index (χ0n) is 18.9. The molecule has 0 fully saturated rings. The highest BCUT2D eigenvalue weighted by Gasteiger charge is 2.26. The van der Waals surface area contributed by atoms with Gasteiger partial charge in [0.1, 0.15) is 17.7 Å². The van der Waals surface area contributed by atoms with Crippen molar-refractivity contribution in [1.29, 1.82) is 0 Å². The SMILES string of the molecule is C=CCOc1c(Br)cc([C@H](C[N+](=O)[O-])Sc2nnc(C)n2-c2ccc(C)c(C)c2)cc1OC. The Hall–Kier alpha value is -2.85. The van der Waals surface area contributed by atoms with E-state index in [4.69, 9.17) is 9.47 Å². The van der Waals surface area contributed by atoms with Crippen LogP contribution in [0.25, 0.3) is 5.69 Å². The van der Waals surface area contributed by atoms with Crippen LogP contribution in [-0.2, 0) is 0 Å². The topological polar surface area (TPSA) is 92.3 Å². The van der Waals surface area contributed by atoms with Crippen molar-refractivity contribution in [3.63, 3.8) is 0 Å². The van der Waals surface area contributed by atoms with E-state index in [1.54, 1.807) is 12.1 Å². The first-order valence-electron chi connectivity index (χ1n) is 10.1. The molecule has 1 atom stereocenters. The molecule has 0 N–H and O–H groups in total. The Morgan fingerprint density at radius 2 is 2.00 bits per heavy atom. The zero-order valence-corrected chi connectivity index (χ0v) is 21.3. The molecule has 2 aromatic carbocycles. The van der Waals surface area contributed by atoms with Crippen LogP contribution in [0.5, 0.6) is 11.5 Å². The van der Waals surface area contributed by atoms with Gasteiger partial charge in [-0.1, -0.05) is 30.5 Å². The lowest BCUT2D eigenvalue weighted by Crippen LogP contribution is -2.12. The first-order valence-corrected chi connectivity index (χ1v) is 11.8. The lowest BCUT2D eigenvalue weighted by Gasteiger charge is -2.18. The Labute approximate surface area is 205 Å². The second-order valence-corrected chi connectivity index (χ2v) is 9.41. The summed E-state index contributed by atoms with van der Waals surface area (Å²) >= 11 is 4.80. The van der Waals surface area contributed by atoms with Gasteiger partial charge in [0.25, 0.3) is 0 Å². The summed E-state index contributed by atoms with van der Waals surface area (Å²) in [5.41, 5.74) is 3.94. The van der Waals surface area contributed by atoms with Gasteiger partial charge < -0.3 is 9.47 Å². The fourth-order valence-corrected chi connectivity index (χ4v) is 4.99. The number of rotatable bonds is 10. The third kappa shape index (κ3) is 5.75. The number of thioether (sulfide) groups is 1.